The Labute approximate surface area is 107 Å². The number of rotatable bonds is 5. The Balaban J connectivity index is 2.81. The number of aliphatic hydroxyl groups excluding tert-OH is 1. The topological polar surface area (TPSA) is 77.8 Å². The predicted molar refractivity (Wildman–Crippen MR) is 66.7 cm³/mol. The number of carboxylic acids is 1. The standard InChI is InChI=1S/C13H21NO4/c1-12(2,7-11(17)18)8-13(3,4)14-9(15)5-6-10(14)16/h5-6,9,15H,7-8H2,1-4H3,(H,17,18). The maximum absolute atomic E-state index is 11.7. The Hall–Kier alpha value is -1.36. The van der Waals surface area contributed by atoms with E-state index >= 15 is 0 Å². The summed E-state index contributed by atoms with van der Waals surface area (Å²) in [5.41, 5.74) is -1.04. The van der Waals surface area contributed by atoms with Crippen molar-refractivity contribution in [1.29, 1.82) is 0 Å². The van der Waals surface area contributed by atoms with Gasteiger partial charge in [0.25, 0.3) is 0 Å². The highest BCUT2D eigenvalue weighted by Crippen LogP contribution is 2.36. The van der Waals surface area contributed by atoms with Crippen molar-refractivity contribution >= 4 is 11.9 Å². The average molecular weight is 255 g/mol. The summed E-state index contributed by atoms with van der Waals surface area (Å²) in [5.74, 6) is -1.10. The van der Waals surface area contributed by atoms with Gasteiger partial charge in [-0.2, -0.15) is 0 Å². The third-order valence-corrected chi connectivity index (χ3v) is 3.11. The van der Waals surface area contributed by atoms with E-state index in [2.05, 4.69) is 0 Å². The summed E-state index contributed by atoms with van der Waals surface area (Å²) < 4.78 is 0. The third kappa shape index (κ3) is 3.32. The van der Waals surface area contributed by atoms with E-state index < -0.39 is 23.2 Å². The summed E-state index contributed by atoms with van der Waals surface area (Å²) in [6.45, 7) is 7.38. The zero-order valence-corrected chi connectivity index (χ0v) is 11.3. The monoisotopic (exact) mass is 255 g/mol. The van der Waals surface area contributed by atoms with Crippen molar-refractivity contribution in [2.75, 3.05) is 0 Å². The molecule has 0 radical (unpaired) electrons. The first kappa shape index (κ1) is 14.7. The Morgan fingerprint density at radius 1 is 1.39 bits per heavy atom. The Morgan fingerprint density at radius 3 is 2.33 bits per heavy atom. The van der Waals surface area contributed by atoms with Crippen LogP contribution in [-0.4, -0.2) is 38.8 Å². The normalized spacial score (nSPS) is 20.6. The molecule has 1 amide bonds. The van der Waals surface area contributed by atoms with Gasteiger partial charge in [-0.15, -0.1) is 0 Å². The molecule has 5 nitrogen and oxygen atoms in total. The molecule has 0 aliphatic carbocycles. The fraction of sp³-hybridized carbons (Fsp3) is 0.692. The first-order valence-electron chi connectivity index (χ1n) is 5.97. The van der Waals surface area contributed by atoms with Crippen molar-refractivity contribution in [2.45, 2.75) is 52.3 Å². The fourth-order valence-electron chi connectivity index (χ4n) is 2.85. The van der Waals surface area contributed by atoms with E-state index in [0.29, 0.717) is 6.42 Å². The largest absolute Gasteiger partial charge is 0.481 e. The lowest BCUT2D eigenvalue weighted by molar-refractivity contribution is -0.142. The summed E-state index contributed by atoms with van der Waals surface area (Å²) in [5, 5.41) is 18.6. The second kappa shape index (κ2) is 4.72. The quantitative estimate of drug-likeness (QED) is 0.777. The van der Waals surface area contributed by atoms with Crippen LogP contribution in [0.1, 0.15) is 40.5 Å². The molecule has 0 saturated heterocycles. The van der Waals surface area contributed by atoms with Crippen LogP contribution in [0.5, 0.6) is 0 Å². The molecule has 0 fully saturated rings. The number of carbonyl (C=O) groups excluding carboxylic acids is 1. The molecule has 18 heavy (non-hydrogen) atoms. The second-order valence-corrected chi connectivity index (χ2v) is 6.20. The van der Waals surface area contributed by atoms with Crippen molar-refractivity contribution in [3.8, 4) is 0 Å². The molecule has 1 heterocycles. The first-order valence-corrected chi connectivity index (χ1v) is 5.97. The highest BCUT2D eigenvalue weighted by molar-refractivity contribution is 5.91. The van der Waals surface area contributed by atoms with Gasteiger partial charge in [-0.05, 0) is 31.8 Å². The highest BCUT2D eigenvalue weighted by atomic mass is 16.4. The molecular formula is C13H21NO4. The zero-order chi connectivity index (χ0) is 14.1. The van der Waals surface area contributed by atoms with Gasteiger partial charge in [-0.3, -0.25) is 9.59 Å². The van der Waals surface area contributed by atoms with Gasteiger partial charge >= 0.3 is 5.97 Å². The van der Waals surface area contributed by atoms with E-state index in [1.807, 2.05) is 27.7 Å². The molecule has 0 aromatic carbocycles. The molecule has 1 unspecified atom stereocenters. The van der Waals surface area contributed by atoms with E-state index in [1.54, 1.807) is 0 Å². The van der Waals surface area contributed by atoms with E-state index in [0.717, 1.165) is 0 Å². The number of aliphatic hydroxyl groups is 1. The smallest absolute Gasteiger partial charge is 0.303 e. The summed E-state index contributed by atoms with van der Waals surface area (Å²) in [6.07, 6.45) is 2.39. The minimum atomic E-state index is -0.923. The summed E-state index contributed by atoms with van der Waals surface area (Å²) in [6, 6.07) is 0. The van der Waals surface area contributed by atoms with Crippen LogP contribution < -0.4 is 0 Å². The molecule has 2 N–H and O–H groups in total. The number of hydrogen-bond donors (Lipinski definition) is 2. The number of carboxylic acid groups (broad SMARTS) is 1. The molecule has 0 aromatic heterocycles. The van der Waals surface area contributed by atoms with Crippen molar-refractivity contribution in [3.63, 3.8) is 0 Å². The highest BCUT2D eigenvalue weighted by Gasteiger charge is 2.40. The van der Waals surface area contributed by atoms with Crippen LogP contribution in [-0.2, 0) is 9.59 Å². The molecule has 1 aliphatic rings. The average Bonchev–Trinajstić information content (AvgIpc) is 2.41. The van der Waals surface area contributed by atoms with Crippen LogP contribution in [0.25, 0.3) is 0 Å². The number of aliphatic carboxylic acids is 1. The van der Waals surface area contributed by atoms with Crippen LogP contribution in [0, 0.1) is 5.41 Å². The lowest BCUT2D eigenvalue weighted by atomic mass is 9.77. The number of hydrogen-bond acceptors (Lipinski definition) is 3. The Kier molecular flexibility index (Phi) is 3.86. The molecule has 0 aromatic rings. The molecule has 0 bridgehead atoms. The summed E-state index contributed by atoms with van der Waals surface area (Å²) in [7, 11) is 0. The van der Waals surface area contributed by atoms with Crippen molar-refractivity contribution in [1.82, 2.24) is 4.90 Å². The predicted octanol–water partition coefficient (Wildman–Crippen LogP) is 1.37. The number of amides is 1. The third-order valence-electron chi connectivity index (χ3n) is 3.11. The molecule has 102 valence electrons. The zero-order valence-electron chi connectivity index (χ0n) is 11.3. The minimum absolute atomic E-state index is 0.0297. The molecule has 1 rings (SSSR count). The van der Waals surface area contributed by atoms with Gasteiger partial charge in [0.1, 0.15) is 6.23 Å². The molecule has 5 heteroatoms. The Morgan fingerprint density at radius 2 is 1.94 bits per heavy atom. The van der Waals surface area contributed by atoms with Gasteiger partial charge in [0, 0.05) is 11.6 Å². The van der Waals surface area contributed by atoms with Gasteiger partial charge < -0.3 is 15.1 Å². The second-order valence-electron chi connectivity index (χ2n) is 6.20. The van der Waals surface area contributed by atoms with Crippen molar-refractivity contribution in [3.05, 3.63) is 12.2 Å². The van der Waals surface area contributed by atoms with Crippen molar-refractivity contribution < 1.29 is 19.8 Å². The molecular weight excluding hydrogens is 234 g/mol. The van der Waals surface area contributed by atoms with E-state index in [9.17, 15) is 14.7 Å². The van der Waals surface area contributed by atoms with Gasteiger partial charge in [-0.25, -0.2) is 0 Å². The van der Waals surface area contributed by atoms with Crippen molar-refractivity contribution in [2.24, 2.45) is 5.41 Å². The van der Waals surface area contributed by atoms with Crippen LogP contribution >= 0.6 is 0 Å². The molecule has 1 aliphatic heterocycles. The van der Waals surface area contributed by atoms with Crippen LogP contribution in [0.15, 0.2) is 12.2 Å². The Bertz CT molecular complexity index is 384. The van der Waals surface area contributed by atoms with Gasteiger partial charge in [-0.1, -0.05) is 13.8 Å². The minimum Gasteiger partial charge on any atom is -0.481 e. The van der Waals surface area contributed by atoms with Crippen LogP contribution in [0.3, 0.4) is 0 Å². The fourth-order valence-corrected chi connectivity index (χ4v) is 2.85. The summed E-state index contributed by atoms with van der Waals surface area (Å²) in [4.78, 5) is 23.9. The molecule has 0 spiro atoms. The maximum atomic E-state index is 11.7. The molecule has 1 atom stereocenters. The lowest BCUT2D eigenvalue weighted by Crippen LogP contribution is -2.51. The van der Waals surface area contributed by atoms with Gasteiger partial charge in [0.2, 0.25) is 5.91 Å². The van der Waals surface area contributed by atoms with E-state index in [1.165, 1.54) is 17.1 Å². The van der Waals surface area contributed by atoms with Gasteiger partial charge in [0.05, 0.1) is 6.42 Å². The van der Waals surface area contributed by atoms with Gasteiger partial charge in [0.15, 0.2) is 0 Å². The van der Waals surface area contributed by atoms with Crippen LogP contribution in [0.2, 0.25) is 0 Å². The molecule has 0 saturated carbocycles. The maximum Gasteiger partial charge on any atom is 0.303 e. The van der Waals surface area contributed by atoms with E-state index in [4.69, 9.17) is 5.11 Å². The number of nitrogens with zero attached hydrogens (tertiary/aromatic N) is 1. The number of carbonyl (C=O) groups is 2. The first-order chi connectivity index (χ1) is 8.05. The van der Waals surface area contributed by atoms with Crippen LogP contribution in [0.4, 0.5) is 0 Å². The summed E-state index contributed by atoms with van der Waals surface area (Å²) >= 11 is 0. The SMILES string of the molecule is CC(C)(CC(=O)O)CC(C)(C)N1C(=O)C=CC1O. The van der Waals surface area contributed by atoms with E-state index in [-0.39, 0.29) is 12.3 Å². The lowest BCUT2D eigenvalue weighted by Gasteiger charge is -2.42.